The summed E-state index contributed by atoms with van der Waals surface area (Å²) in [5, 5.41) is 3.84. The minimum absolute atomic E-state index is 0. The van der Waals surface area contributed by atoms with Crippen molar-refractivity contribution in [1.82, 2.24) is 0 Å². The zero-order valence-electron chi connectivity index (χ0n) is 35.6. The zero-order valence-corrected chi connectivity index (χ0v) is 39.6. The average molecular weight is 791 g/mol. The van der Waals surface area contributed by atoms with Gasteiger partial charge >= 0.3 is 59.2 Å². The van der Waals surface area contributed by atoms with Crippen LogP contribution in [0, 0.1) is 0 Å². The summed E-state index contributed by atoms with van der Waals surface area (Å²) in [6.07, 6.45) is 0. The third-order valence-electron chi connectivity index (χ3n) is 11.5. The molecule has 1 aliphatic rings. The van der Waals surface area contributed by atoms with E-state index in [0.29, 0.717) is 23.3 Å². The van der Waals surface area contributed by atoms with Gasteiger partial charge in [-0.3, -0.25) is 0 Å². The Morgan fingerprint density at radius 3 is 1.04 bits per heavy atom. The first-order chi connectivity index (χ1) is 26.0. The molecular weight excluding hydrogens is 735 g/mol. The van der Waals surface area contributed by atoms with Gasteiger partial charge in [0.1, 0.15) is 11.5 Å². The van der Waals surface area contributed by atoms with Crippen molar-refractivity contribution in [2.24, 2.45) is 0 Å². The summed E-state index contributed by atoms with van der Waals surface area (Å²) < 4.78 is 27.4. The van der Waals surface area contributed by atoms with Crippen LogP contribution >= 0.6 is 7.82 Å². The van der Waals surface area contributed by atoms with Gasteiger partial charge < -0.3 is 13.9 Å². The van der Waals surface area contributed by atoms with Gasteiger partial charge in [-0.2, -0.15) is 0 Å². The summed E-state index contributed by atoms with van der Waals surface area (Å²) in [4.78, 5) is 14.6. The molecule has 0 saturated carbocycles. The molecule has 1 aliphatic heterocycles. The number of phosphoric ester groups is 1. The van der Waals surface area contributed by atoms with E-state index in [2.05, 4.69) is 156 Å². The fraction of sp³-hybridized carbons (Fsp3) is 0.360. The van der Waals surface area contributed by atoms with Gasteiger partial charge in [0.2, 0.25) is 0 Å². The third-order valence-corrected chi connectivity index (χ3v) is 12.3. The van der Waals surface area contributed by atoms with Crippen LogP contribution in [0.15, 0.2) is 84.9 Å². The smallest absolute Gasteiger partial charge is 0.736 e. The molecule has 0 atom stereocenters. The number of phosphoric acid groups is 1. The van der Waals surface area contributed by atoms with Crippen molar-refractivity contribution in [3.63, 3.8) is 0 Å². The van der Waals surface area contributed by atoms with Crippen LogP contribution in [-0.2, 0) is 4.57 Å². The van der Waals surface area contributed by atoms with Crippen LogP contribution in [0.3, 0.4) is 0 Å². The molecule has 0 fully saturated rings. The Hall–Kier alpha value is -2.73. The van der Waals surface area contributed by atoms with Crippen molar-refractivity contribution in [3.05, 3.63) is 118 Å². The fourth-order valence-electron chi connectivity index (χ4n) is 8.49. The van der Waals surface area contributed by atoms with Crippen molar-refractivity contribution in [2.45, 2.75) is 119 Å². The molecule has 0 unspecified atom stereocenters. The van der Waals surface area contributed by atoms with E-state index in [0.717, 1.165) is 54.9 Å². The number of rotatable bonds is 8. The number of benzene rings is 6. The zero-order chi connectivity index (χ0) is 39.7. The Balaban J connectivity index is 0.00000532. The third kappa shape index (κ3) is 7.75. The van der Waals surface area contributed by atoms with Gasteiger partial charge in [-0.1, -0.05) is 156 Å². The molecule has 6 aromatic carbocycles. The first kappa shape index (κ1) is 42.9. The molecular formula is C50H56KO4P. The first-order valence-electron chi connectivity index (χ1n) is 20.2. The maximum absolute atomic E-state index is 14.6. The maximum atomic E-state index is 14.6. The van der Waals surface area contributed by atoms with Crippen LogP contribution in [0.1, 0.15) is 152 Å². The predicted molar refractivity (Wildman–Crippen MR) is 231 cm³/mol. The topological polar surface area (TPSA) is 58.6 Å². The van der Waals surface area contributed by atoms with Gasteiger partial charge in [-0.15, -0.1) is 0 Å². The van der Waals surface area contributed by atoms with Crippen LogP contribution in [0.4, 0.5) is 0 Å². The molecule has 4 nitrogen and oxygen atoms in total. The Bertz CT molecular complexity index is 2280. The van der Waals surface area contributed by atoms with E-state index in [-0.39, 0.29) is 75.1 Å². The summed E-state index contributed by atoms with van der Waals surface area (Å²) in [7, 11) is -5.00. The Morgan fingerprint density at radius 2 is 0.750 bits per heavy atom. The molecule has 56 heavy (non-hydrogen) atoms. The van der Waals surface area contributed by atoms with Crippen molar-refractivity contribution >= 4 is 29.4 Å². The van der Waals surface area contributed by atoms with Crippen LogP contribution in [0.5, 0.6) is 11.5 Å². The normalized spacial score (nSPS) is 13.7. The van der Waals surface area contributed by atoms with Gasteiger partial charge in [-0.05, 0) is 114 Å². The molecule has 0 aromatic heterocycles. The van der Waals surface area contributed by atoms with E-state index in [1.807, 2.05) is 12.1 Å². The van der Waals surface area contributed by atoms with Crippen LogP contribution in [0.2, 0.25) is 0 Å². The molecule has 0 radical (unpaired) electrons. The molecule has 7 rings (SSSR count). The first-order valence-corrected chi connectivity index (χ1v) is 21.6. The van der Waals surface area contributed by atoms with Gasteiger partial charge in [0.25, 0.3) is 0 Å². The Kier molecular flexibility index (Phi) is 12.6. The molecule has 1 heterocycles. The largest absolute Gasteiger partial charge is 1.00 e. The van der Waals surface area contributed by atoms with Crippen molar-refractivity contribution in [3.8, 4) is 44.9 Å². The summed E-state index contributed by atoms with van der Waals surface area (Å²) in [5.41, 5.74) is 12.3. The van der Waals surface area contributed by atoms with E-state index in [9.17, 15) is 9.46 Å². The minimum atomic E-state index is -5.00. The minimum Gasteiger partial charge on any atom is -0.736 e. The summed E-state index contributed by atoms with van der Waals surface area (Å²) >= 11 is 0. The average Bonchev–Trinajstić information content (AvgIpc) is 3.26. The second-order valence-corrected chi connectivity index (χ2v) is 18.7. The van der Waals surface area contributed by atoms with Crippen LogP contribution < -0.4 is 65.3 Å². The summed E-state index contributed by atoms with van der Waals surface area (Å²) in [6.45, 7) is 26.6. The van der Waals surface area contributed by atoms with Gasteiger partial charge in [-0.25, -0.2) is 4.57 Å². The second-order valence-electron chi connectivity index (χ2n) is 17.4. The number of hydrogen-bond donors (Lipinski definition) is 0. The van der Waals surface area contributed by atoms with Crippen LogP contribution in [-0.4, -0.2) is 0 Å². The quantitative estimate of drug-likeness (QED) is 0.114. The molecule has 286 valence electrons. The van der Waals surface area contributed by atoms with E-state index in [1.54, 1.807) is 0 Å². The van der Waals surface area contributed by atoms with Crippen LogP contribution in [0.25, 0.3) is 54.9 Å². The second kappa shape index (κ2) is 16.5. The Labute approximate surface area is 377 Å². The predicted octanol–water partition coefficient (Wildman–Crippen LogP) is 12.0. The van der Waals surface area contributed by atoms with Gasteiger partial charge in [0.15, 0.2) is 0 Å². The van der Waals surface area contributed by atoms with Gasteiger partial charge in [0, 0.05) is 22.3 Å². The van der Waals surface area contributed by atoms with Crippen molar-refractivity contribution in [1.29, 1.82) is 0 Å². The number of fused-ring (bicyclic) bond motifs is 7. The molecule has 0 saturated heterocycles. The molecule has 0 amide bonds. The monoisotopic (exact) mass is 790 g/mol. The number of hydrogen-bond acceptors (Lipinski definition) is 4. The van der Waals surface area contributed by atoms with Crippen molar-refractivity contribution < 1.29 is 69.9 Å². The van der Waals surface area contributed by atoms with E-state index in [1.165, 1.54) is 33.4 Å². The molecule has 6 heteroatoms. The SMILES string of the molecule is CC(C)c1cc(C(C)C)c(-c2cc3ccccc3c3c2OP(=O)([O-])Oc2c(-c4c(C(C)C)cc(C(C)C)cc4C(C)C)cc4ccccc4c2-3)c(C(C)C)c1.[K+]. The van der Waals surface area contributed by atoms with E-state index >= 15 is 0 Å². The molecule has 0 aliphatic carbocycles. The fourth-order valence-corrected chi connectivity index (χ4v) is 9.35. The standard InChI is InChI=1S/C50H57O4P.K/c1-27(2)35-23-39(29(5)6)45(40(24-35)30(7)8)43-21-33-17-13-15-19-37(33)47-48-38-20-16-14-18-34(38)22-44(50(48)54-55(51,52)53-49(43)47)46-41(31(9)10)25-36(28(3)4)26-42(46)32(11)12;/h13-32H,1-12H3,(H,51,52);/q;+1/p-1. The maximum Gasteiger partial charge on any atom is 1.00 e. The molecule has 0 N–H and O–H groups in total. The summed E-state index contributed by atoms with van der Waals surface area (Å²) in [6, 6.07) is 30.1. The Morgan fingerprint density at radius 1 is 0.446 bits per heavy atom. The molecule has 0 bridgehead atoms. The van der Waals surface area contributed by atoms with Gasteiger partial charge in [0.05, 0.1) is 0 Å². The van der Waals surface area contributed by atoms with E-state index in [4.69, 9.17) is 9.05 Å². The van der Waals surface area contributed by atoms with Crippen molar-refractivity contribution in [2.75, 3.05) is 0 Å². The molecule has 0 spiro atoms. The molecule has 6 aromatic rings. The van der Waals surface area contributed by atoms with E-state index < -0.39 is 7.82 Å². The summed E-state index contributed by atoms with van der Waals surface area (Å²) in [5.74, 6) is 2.01.